The highest BCUT2D eigenvalue weighted by Crippen LogP contribution is 2.24. The van der Waals surface area contributed by atoms with Gasteiger partial charge in [-0.3, -0.25) is 0 Å². The second-order valence-corrected chi connectivity index (χ2v) is 4.05. The van der Waals surface area contributed by atoms with Crippen molar-refractivity contribution in [3.63, 3.8) is 0 Å². The standard InChI is InChI=1S/C13H13ClN2O/c1-2-9-3-5-11(6-4-9)17-13-8-10(15)7-12(14)16-13/h3-8H,2H2,1H3,(H2,15,16). The van der Waals surface area contributed by atoms with Gasteiger partial charge in [-0.2, -0.15) is 0 Å². The van der Waals surface area contributed by atoms with Gasteiger partial charge in [-0.25, -0.2) is 4.98 Å². The summed E-state index contributed by atoms with van der Waals surface area (Å²) in [7, 11) is 0. The lowest BCUT2D eigenvalue weighted by molar-refractivity contribution is 0.463. The molecule has 2 rings (SSSR count). The molecule has 0 aliphatic carbocycles. The number of nitrogen functional groups attached to an aromatic ring is 1. The lowest BCUT2D eigenvalue weighted by atomic mass is 10.2. The summed E-state index contributed by atoms with van der Waals surface area (Å²) >= 11 is 5.79. The zero-order valence-corrected chi connectivity index (χ0v) is 10.2. The van der Waals surface area contributed by atoms with Gasteiger partial charge in [0.2, 0.25) is 5.88 Å². The smallest absolute Gasteiger partial charge is 0.222 e. The van der Waals surface area contributed by atoms with Crippen LogP contribution in [0.4, 0.5) is 5.69 Å². The summed E-state index contributed by atoms with van der Waals surface area (Å²) in [5, 5.41) is 0.324. The number of rotatable bonds is 3. The normalized spacial score (nSPS) is 10.2. The lowest BCUT2D eigenvalue weighted by Crippen LogP contribution is -1.92. The molecule has 17 heavy (non-hydrogen) atoms. The van der Waals surface area contributed by atoms with Gasteiger partial charge in [0.15, 0.2) is 0 Å². The van der Waals surface area contributed by atoms with Crippen LogP contribution in [-0.4, -0.2) is 4.98 Å². The van der Waals surface area contributed by atoms with Crippen LogP contribution >= 0.6 is 11.6 Å². The maximum atomic E-state index is 5.79. The molecular formula is C13H13ClN2O. The van der Waals surface area contributed by atoms with E-state index in [1.807, 2.05) is 24.3 Å². The largest absolute Gasteiger partial charge is 0.439 e. The van der Waals surface area contributed by atoms with E-state index in [4.69, 9.17) is 22.1 Å². The van der Waals surface area contributed by atoms with Crippen molar-refractivity contribution in [3.8, 4) is 11.6 Å². The van der Waals surface area contributed by atoms with Crippen molar-refractivity contribution in [2.24, 2.45) is 0 Å². The first-order valence-corrected chi connectivity index (χ1v) is 5.75. The van der Waals surface area contributed by atoms with E-state index in [9.17, 15) is 0 Å². The Morgan fingerprint density at radius 1 is 1.24 bits per heavy atom. The summed E-state index contributed by atoms with van der Waals surface area (Å²) in [5.74, 6) is 1.12. The van der Waals surface area contributed by atoms with Crippen molar-refractivity contribution in [1.29, 1.82) is 0 Å². The van der Waals surface area contributed by atoms with Crippen LogP contribution in [0.3, 0.4) is 0 Å². The molecule has 0 spiro atoms. The molecule has 3 nitrogen and oxygen atoms in total. The lowest BCUT2D eigenvalue weighted by Gasteiger charge is -2.06. The maximum Gasteiger partial charge on any atom is 0.222 e. The molecule has 2 N–H and O–H groups in total. The van der Waals surface area contributed by atoms with Crippen molar-refractivity contribution < 1.29 is 4.74 Å². The Bertz CT molecular complexity index is 491. The number of hydrogen-bond acceptors (Lipinski definition) is 3. The fourth-order valence-electron chi connectivity index (χ4n) is 1.46. The second kappa shape index (κ2) is 5.06. The Kier molecular flexibility index (Phi) is 3.49. The quantitative estimate of drug-likeness (QED) is 0.843. The van der Waals surface area contributed by atoms with Gasteiger partial charge in [0.05, 0.1) is 0 Å². The van der Waals surface area contributed by atoms with E-state index < -0.39 is 0 Å². The number of anilines is 1. The van der Waals surface area contributed by atoms with Crippen molar-refractivity contribution in [2.45, 2.75) is 13.3 Å². The van der Waals surface area contributed by atoms with E-state index in [-0.39, 0.29) is 0 Å². The van der Waals surface area contributed by atoms with E-state index in [1.165, 1.54) is 5.56 Å². The third-order valence-corrected chi connectivity index (χ3v) is 2.54. The molecule has 0 aliphatic heterocycles. The molecule has 0 bridgehead atoms. The van der Waals surface area contributed by atoms with E-state index in [1.54, 1.807) is 12.1 Å². The molecule has 2 aromatic rings. The third kappa shape index (κ3) is 3.11. The van der Waals surface area contributed by atoms with Gasteiger partial charge in [0, 0.05) is 11.8 Å². The van der Waals surface area contributed by atoms with E-state index in [0.717, 1.165) is 12.2 Å². The van der Waals surface area contributed by atoms with Gasteiger partial charge in [0.1, 0.15) is 10.9 Å². The summed E-state index contributed by atoms with van der Waals surface area (Å²) in [6.45, 7) is 2.11. The zero-order valence-electron chi connectivity index (χ0n) is 9.48. The highest BCUT2D eigenvalue weighted by Gasteiger charge is 2.02. The molecule has 1 aromatic heterocycles. The Hall–Kier alpha value is -1.74. The number of aryl methyl sites for hydroxylation is 1. The molecular weight excluding hydrogens is 236 g/mol. The van der Waals surface area contributed by atoms with E-state index in [2.05, 4.69) is 11.9 Å². The highest BCUT2D eigenvalue weighted by atomic mass is 35.5. The number of nitrogens with zero attached hydrogens (tertiary/aromatic N) is 1. The Labute approximate surface area is 105 Å². The number of aromatic nitrogens is 1. The van der Waals surface area contributed by atoms with Gasteiger partial charge < -0.3 is 10.5 Å². The van der Waals surface area contributed by atoms with Crippen molar-refractivity contribution >= 4 is 17.3 Å². The van der Waals surface area contributed by atoms with Gasteiger partial charge in [0.25, 0.3) is 0 Å². The molecule has 88 valence electrons. The molecule has 4 heteroatoms. The van der Waals surface area contributed by atoms with Crippen LogP contribution in [0.15, 0.2) is 36.4 Å². The van der Waals surface area contributed by atoms with Crippen LogP contribution in [0.5, 0.6) is 11.6 Å². The van der Waals surface area contributed by atoms with Crippen LogP contribution in [0.25, 0.3) is 0 Å². The fraction of sp³-hybridized carbons (Fsp3) is 0.154. The number of pyridine rings is 1. The van der Waals surface area contributed by atoms with Crippen LogP contribution < -0.4 is 10.5 Å². The van der Waals surface area contributed by atoms with Crippen LogP contribution in [0.1, 0.15) is 12.5 Å². The minimum absolute atomic E-state index is 0.324. The van der Waals surface area contributed by atoms with Crippen molar-refractivity contribution in [3.05, 3.63) is 47.1 Å². The molecule has 0 fully saturated rings. The molecule has 0 amide bonds. The van der Waals surface area contributed by atoms with Gasteiger partial charge in [-0.05, 0) is 30.2 Å². The predicted molar refractivity (Wildman–Crippen MR) is 69.6 cm³/mol. The van der Waals surface area contributed by atoms with Crippen molar-refractivity contribution in [2.75, 3.05) is 5.73 Å². The minimum atomic E-state index is 0.324. The minimum Gasteiger partial charge on any atom is -0.439 e. The average molecular weight is 249 g/mol. The average Bonchev–Trinajstić information content (AvgIpc) is 2.28. The number of benzene rings is 1. The maximum absolute atomic E-state index is 5.79. The van der Waals surface area contributed by atoms with Crippen molar-refractivity contribution in [1.82, 2.24) is 4.98 Å². The second-order valence-electron chi connectivity index (χ2n) is 3.66. The van der Waals surface area contributed by atoms with Crippen LogP contribution in [0.2, 0.25) is 5.15 Å². The molecule has 0 saturated heterocycles. The Morgan fingerprint density at radius 3 is 2.53 bits per heavy atom. The first-order chi connectivity index (χ1) is 8.17. The summed E-state index contributed by atoms with van der Waals surface area (Å²) in [5.41, 5.74) is 7.45. The fourth-order valence-corrected chi connectivity index (χ4v) is 1.67. The van der Waals surface area contributed by atoms with Crippen LogP contribution in [-0.2, 0) is 6.42 Å². The SMILES string of the molecule is CCc1ccc(Oc2cc(N)cc(Cl)n2)cc1. The topological polar surface area (TPSA) is 48.1 Å². The molecule has 0 radical (unpaired) electrons. The molecule has 0 saturated carbocycles. The molecule has 1 aromatic carbocycles. The highest BCUT2D eigenvalue weighted by molar-refractivity contribution is 6.29. The first-order valence-electron chi connectivity index (χ1n) is 5.37. The molecule has 1 heterocycles. The van der Waals surface area contributed by atoms with Gasteiger partial charge in [-0.15, -0.1) is 0 Å². The Morgan fingerprint density at radius 2 is 1.94 bits per heavy atom. The first kappa shape index (κ1) is 11.7. The number of nitrogens with two attached hydrogens (primary N) is 1. The molecule has 0 atom stereocenters. The zero-order chi connectivity index (χ0) is 12.3. The monoisotopic (exact) mass is 248 g/mol. The summed E-state index contributed by atoms with van der Waals surface area (Å²) in [4.78, 5) is 4.04. The van der Waals surface area contributed by atoms with Crippen LogP contribution in [0, 0.1) is 0 Å². The number of hydrogen-bond donors (Lipinski definition) is 1. The summed E-state index contributed by atoms with van der Waals surface area (Å²) in [6, 6.07) is 11.1. The summed E-state index contributed by atoms with van der Waals surface area (Å²) < 4.78 is 5.56. The van der Waals surface area contributed by atoms with E-state index in [0.29, 0.717) is 16.7 Å². The number of halogens is 1. The van der Waals surface area contributed by atoms with Gasteiger partial charge >= 0.3 is 0 Å². The predicted octanol–water partition coefficient (Wildman–Crippen LogP) is 3.67. The third-order valence-electron chi connectivity index (χ3n) is 2.35. The molecule has 0 unspecified atom stereocenters. The molecule has 0 aliphatic rings. The number of ether oxygens (including phenoxy) is 1. The summed E-state index contributed by atoms with van der Waals surface area (Å²) in [6.07, 6.45) is 1.00. The van der Waals surface area contributed by atoms with Gasteiger partial charge in [-0.1, -0.05) is 30.7 Å². The van der Waals surface area contributed by atoms with E-state index >= 15 is 0 Å². The Balaban J connectivity index is 2.19.